The summed E-state index contributed by atoms with van der Waals surface area (Å²) in [5.74, 6) is -38.1. The topological polar surface area (TPSA) is 27.7 Å². The first kappa shape index (κ1) is 31.6. The second-order valence-corrected chi connectivity index (χ2v) is 7.65. The summed E-state index contributed by atoms with van der Waals surface area (Å²) in [4.78, 5) is 0. The highest BCUT2D eigenvalue weighted by Crippen LogP contribution is 2.37. The number of hydrogen-bond donors (Lipinski definition) is 0. The van der Waals surface area contributed by atoms with Crippen molar-refractivity contribution in [3.05, 3.63) is 86.5 Å². The van der Waals surface area contributed by atoms with Gasteiger partial charge in [0.25, 0.3) is 0 Å². The summed E-state index contributed by atoms with van der Waals surface area (Å²) in [6, 6.07) is 0. The normalized spacial score (nSPS) is 12.0. The van der Waals surface area contributed by atoms with Crippen LogP contribution in [-0.4, -0.2) is 7.32 Å². The molecule has 3 rings (SSSR count). The van der Waals surface area contributed by atoms with E-state index in [0.717, 1.165) is 0 Å². The summed E-state index contributed by atoms with van der Waals surface area (Å²) in [5, 5.41) is 0. The lowest BCUT2D eigenvalue weighted by atomic mass is 10.1. The van der Waals surface area contributed by atoms with Crippen LogP contribution in [0.4, 0.5) is 65.9 Å². The molecule has 3 aromatic rings. The maximum Gasteiger partial charge on any atom is 0.864 e. The van der Waals surface area contributed by atoms with Gasteiger partial charge >= 0.3 is 7.32 Å². The predicted octanol–water partition coefficient (Wildman–Crippen LogP) is 7.85. The van der Waals surface area contributed by atoms with Gasteiger partial charge in [0, 0.05) is 0 Å². The van der Waals surface area contributed by atoms with Crippen LogP contribution in [0.2, 0.25) is 0 Å². The Morgan fingerprint density at radius 1 is 0.463 bits per heavy atom. The van der Waals surface area contributed by atoms with E-state index >= 15 is 0 Å². The van der Waals surface area contributed by atoms with Crippen molar-refractivity contribution >= 4 is 7.32 Å². The lowest BCUT2D eigenvalue weighted by Gasteiger charge is -2.20. The van der Waals surface area contributed by atoms with Gasteiger partial charge in [0.2, 0.25) is 34.9 Å². The lowest BCUT2D eigenvalue weighted by Crippen LogP contribution is -2.39. The third kappa shape index (κ3) is 5.40. The predicted molar refractivity (Wildman–Crippen MR) is 106 cm³/mol. The molecule has 1 atom stereocenters. The first-order valence-corrected chi connectivity index (χ1v) is 10.4. The minimum Gasteiger partial charge on any atom is -0.484 e. The first-order chi connectivity index (χ1) is 19.1. The molecular formula is C22H8BF15O3. The molecule has 0 N–H and O–H groups in total. The number of benzene rings is 3. The molecule has 0 bridgehead atoms. The Kier molecular flexibility index (Phi) is 9.17. The zero-order valence-electron chi connectivity index (χ0n) is 19.5. The standard InChI is InChI=1S/C22H8BF15O3/c1-4(26)7-12(31)18(37)22(19(38)13(7)32)41-23(39-20-14(33)8(27)5(2-24)9(28)15(20)34)40-21-16(35)10(29)6(3-25)11(30)17(21)36/h4H,2-3H2,1H3. The highest BCUT2D eigenvalue weighted by molar-refractivity contribution is 6.39. The molecule has 0 saturated carbocycles. The average Bonchev–Trinajstić information content (AvgIpc) is 2.92. The third-order valence-electron chi connectivity index (χ3n) is 5.19. The van der Waals surface area contributed by atoms with Gasteiger partial charge in [0.1, 0.15) is 19.5 Å². The molecule has 0 fully saturated rings. The Bertz CT molecular complexity index is 1350. The summed E-state index contributed by atoms with van der Waals surface area (Å²) in [5.41, 5.74) is -5.60. The minimum atomic E-state index is -3.68. The number of halogens is 15. The zero-order valence-corrected chi connectivity index (χ0v) is 19.5. The first-order valence-electron chi connectivity index (χ1n) is 10.4. The van der Waals surface area contributed by atoms with Crippen molar-refractivity contribution < 1.29 is 79.8 Å². The molecule has 19 heteroatoms. The van der Waals surface area contributed by atoms with Crippen molar-refractivity contribution in [2.45, 2.75) is 26.4 Å². The Hall–Kier alpha value is -3.93. The van der Waals surface area contributed by atoms with E-state index in [9.17, 15) is 65.9 Å². The smallest absolute Gasteiger partial charge is 0.484 e. The highest BCUT2D eigenvalue weighted by Gasteiger charge is 2.42. The Balaban J connectivity index is 2.25. The van der Waals surface area contributed by atoms with Crippen molar-refractivity contribution in [3.8, 4) is 17.2 Å². The van der Waals surface area contributed by atoms with Gasteiger partial charge in [-0.2, -0.15) is 26.3 Å². The molecule has 222 valence electrons. The molecule has 0 heterocycles. The van der Waals surface area contributed by atoms with E-state index in [0.29, 0.717) is 6.92 Å². The third-order valence-corrected chi connectivity index (χ3v) is 5.19. The Morgan fingerprint density at radius 3 is 0.927 bits per heavy atom. The maximum absolute atomic E-state index is 14.5. The second-order valence-electron chi connectivity index (χ2n) is 7.65. The monoisotopic (exact) mass is 616 g/mol. The van der Waals surface area contributed by atoms with Crippen LogP contribution in [0, 0.1) is 69.8 Å². The molecule has 3 nitrogen and oxygen atoms in total. The van der Waals surface area contributed by atoms with Crippen LogP contribution >= 0.6 is 0 Å². The highest BCUT2D eigenvalue weighted by atomic mass is 19.2. The van der Waals surface area contributed by atoms with Crippen molar-refractivity contribution in [2.24, 2.45) is 0 Å². The van der Waals surface area contributed by atoms with E-state index in [4.69, 9.17) is 0 Å². The number of rotatable bonds is 9. The van der Waals surface area contributed by atoms with Gasteiger partial charge in [-0.3, -0.25) is 0 Å². The van der Waals surface area contributed by atoms with Gasteiger partial charge < -0.3 is 14.0 Å². The molecule has 0 saturated heterocycles. The molecule has 3 aromatic carbocycles. The minimum absolute atomic E-state index is 0.418. The molecule has 0 aliphatic rings. The summed E-state index contributed by atoms with van der Waals surface area (Å²) >= 11 is 0. The molecule has 0 aliphatic heterocycles. The number of alkyl halides is 3. The van der Waals surface area contributed by atoms with E-state index in [1.165, 1.54) is 0 Å². The zero-order chi connectivity index (χ0) is 31.1. The molecule has 1 unspecified atom stereocenters. The van der Waals surface area contributed by atoms with Gasteiger partial charge in [-0.15, -0.1) is 0 Å². The molecule has 0 aliphatic carbocycles. The Morgan fingerprint density at radius 2 is 0.707 bits per heavy atom. The second kappa shape index (κ2) is 11.9. The number of hydrogen-bond acceptors (Lipinski definition) is 3. The van der Waals surface area contributed by atoms with Gasteiger partial charge in [-0.1, -0.05) is 0 Å². The Labute approximate surface area is 218 Å². The quantitative estimate of drug-likeness (QED) is 0.139. The van der Waals surface area contributed by atoms with Crippen molar-refractivity contribution in [1.82, 2.24) is 0 Å². The average molecular weight is 616 g/mol. The van der Waals surface area contributed by atoms with Crippen molar-refractivity contribution in [3.63, 3.8) is 0 Å². The van der Waals surface area contributed by atoms with Crippen molar-refractivity contribution in [1.29, 1.82) is 0 Å². The fourth-order valence-corrected chi connectivity index (χ4v) is 3.20. The van der Waals surface area contributed by atoms with E-state index in [-0.39, 0.29) is 0 Å². The molecule has 0 aromatic heterocycles. The van der Waals surface area contributed by atoms with Gasteiger partial charge in [-0.05, 0) is 6.92 Å². The van der Waals surface area contributed by atoms with E-state index in [2.05, 4.69) is 14.0 Å². The molecule has 0 radical (unpaired) electrons. The van der Waals surface area contributed by atoms with Gasteiger partial charge in [-0.25, -0.2) is 39.5 Å². The van der Waals surface area contributed by atoms with Gasteiger partial charge in [0.05, 0.1) is 16.7 Å². The molecule has 0 spiro atoms. The van der Waals surface area contributed by atoms with E-state index < -0.39 is 131 Å². The molecule has 0 amide bonds. The fourth-order valence-electron chi connectivity index (χ4n) is 3.20. The summed E-state index contributed by atoms with van der Waals surface area (Å²) in [7, 11) is -3.68. The van der Waals surface area contributed by atoms with Crippen LogP contribution < -0.4 is 14.0 Å². The van der Waals surface area contributed by atoms with Gasteiger partial charge in [0.15, 0.2) is 52.2 Å². The van der Waals surface area contributed by atoms with Crippen LogP contribution in [0.15, 0.2) is 0 Å². The summed E-state index contributed by atoms with van der Waals surface area (Å²) in [6.45, 7) is -3.90. The van der Waals surface area contributed by atoms with Crippen LogP contribution in [0.25, 0.3) is 0 Å². The van der Waals surface area contributed by atoms with Crippen LogP contribution in [-0.2, 0) is 13.3 Å². The lowest BCUT2D eigenvalue weighted by molar-refractivity contribution is 0.250. The van der Waals surface area contributed by atoms with Crippen LogP contribution in [0.3, 0.4) is 0 Å². The van der Waals surface area contributed by atoms with Crippen LogP contribution in [0.1, 0.15) is 29.8 Å². The summed E-state index contributed by atoms with van der Waals surface area (Å²) < 4.78 is 222. The van der Waals surface area contributed by atoms with Crippen LogP contribution in [0.5, 0.6) is 17.2 Å². The fraction of sp³-hybridized carbons (Fsp3) is 0.182. The molecular weight excluding hydrogens is 608 g/mol. The van der Waals surface area contributed by atoms with Crippen molar-refractivity contribution in [2.75, 3.05) is 0 Å². The largest absolute Gasteiger partial charge is 0.864 e. The summed E-state index contributed by atoms with van der Waals surface area (Å²) in [6.07, 6.45) is -2.72. The maximum atomic E-state index is 14.5. The van der Waals surface area contributed by atoms with E-state index in [1.807, 2.05) is 0 Å². The molecule has 41 heavy (non-hydrogen) atoms. The van der Waals surface area contributed by atoms with E-state index in [1.54, 1.807) is 0 Å². The SMILES string of the molecule is CC(F)c1c(F)c(F)c(OB(Oc2c(F)c(F)c(CF)c(F)c2F)Oc2c(F)c(F)c(CF)c(F)c2F)c(F)c1F.